The van der Waals surface area contributed by atoms with E-state index in [1.54, 1.807) is 18.2 Å². The quantitative estimate of drug-likeness (QED) is 0.769. The molecule has 30 heavy (non-hydrogen) atoms. The number of amides is 1. The number of hydrogen-bond donors (Lipinski definition) is 1. The molecule has 2 saturated heterocycles. The van der Waals surface area contributed by atoms with Gasteiger partial charge in [0.05, 0.1) is 16.8 Å². The molecule has 2 aliphatic heterocycles. The van der Waals surface area contributed by atoms with Gasteiger partial charge < -0.3 is 19.4 Å². The standard InChI is InChI=1S/C23H29BFNO4/c1-22(2)23(3,4)30-24(29-22)14-15-13-19(20(25)18-8-6-5-7-17(15)18)21(27)26-16-9-11-28-12-10-16/h5-8,13,16H,9-12,14H2,1-4H3,(H,26,27). The molecule has 5 nitrogen and oxygen atoms in total. The number of carbonyl (C=O) groups excluding carboxylic acids is 1. The first-order valence-electron chi connectivity index (χ1n) is 10.6. The van der Waals surface area contributed by atoms with Gasteiger partial charge in [-0.25, -0.2) is 4.39 Å². The third kappa shape index (κ3) is 3.98. The maximum absolute atomic E-state index is 15.3. The van der Waals surface area contributed by atoms with Gasteiger partial charge in [-0.2, -0.15) is 0 Å². The van der Waals surface area contributed by atoms with Gasteiger partial charge in [-0.05, 0) is 57.6 Å². The lowest BCUT2D eigenvalue weighted by Crippen LogP contribution is -2.41. The van der Waals surface area contributed by atoms with Gasteiger partial charge in [0.1, 0.15) is 5.82 Å². The first kappa shape index (κ1) is 21.3. The summed E-state index contributed by atoms with van der Waals surface area (Å²) in [5.74, 6) is -0.881. The number of ether oxygens (including phenoxy) is 1. The SMILES string of the molecule is CC1(C)OB(Cc2cc(C(=O)NC3CCOCC3)c(F)c3ccccc23)OC1(C)C. The second-order valence-electron chi connectivity index (χ2n) is 9.19. The molecule has 7 heteroatoms. The summed E-state index contributed by atoms with van der Waals surface area (Å²) in [5.41, 5.74) is 0.00221. The van der Waals surface area contributed by atoms with Gasteiger partial charge in [-0.3, -0.25) is 4.79 Å². The molecule has 0 atom stereocenters. The predicted molar refractivity (Wildman–Crippen MR) is 115 cm³/mol. The van der Waals surface area contributed by atoms with Crippen LogP contribution in [0.4, 0.5) is 4.39 Å². The van der Waals surface area contributed by atoms with Crippen molar-refractivity contribution >= 4 is 23.8 Å². The molecule has 2 fully saturated rings. The first-order valence-corrected chi connectivity index (χ1v) is 10.6. The summed E-state index contributed by atoms with van der Waals surface area (Å²) < 4.78 is 32.9. The van der Waals surface area contributed by atoms with Crippen LogP contribution in [0, 0.1) is 5.82 Å². The van der Waals surface area contributed by atoms with Crippen LogP contribution in [-0.2, 0) is 20.4 Å². The second kappa shape index (κ2) is 7.95. The van der Waals surface area contributed by atoms with E-state index >= 15 is 4.39 Å². The van der Waals surface area contributed by atoms with Gasteiger partial charge in [0.25, 0.3) is 5.91 Å². The summed E-state index contributed by atoms with van der Waals surface area (Å²) in [6.45, 7) is 9.23. The molecule has 0 aromatic heterocycles. The summed E-state index contributed by atoms with van der Waals surface area (Å²) in [4.78, 5) is 12.9. The molecule has 0 bridgehead atoms. The summed E-state index contributed by atoms with van der Waals surface area (Å²) in [6.07, 6.45) is 1.91. The largest absolute Gasteiger partial charge is 0.462 e. The van der Waals surface area contributed by atoms with E-state index in [0.717, 1.165) is 23.8 Å². The number of hydrogen-bond acceptors (Lipinski definition) is 4. The van der Waals surface area contributed by atoms with Crippen LogP contribution in [0.2, 0.25) is 0 Å². The van der Waals surface area contributed by atoms with Crippen LogP contribution >= 0.6 is 0 Å². The molecule has 2 heterocycles. The van der Waals surface area contributed by atoms with Crippen LogP contribution in [0.25, 0.3) is 10.8 Å². The lowest BCUT2D eigenvalue weighted by molar-refractivity contribution is 0.00578. The number of nitrogens with one attached hydrogen (secondary N) is 1. The predicted octanol–water partition coefficient (Wildman–Crippen LogP) is 4.06. The van der Waals surface area contributed by atoms with Crippen LogP contribution in [0.15, 0.2) is 30.3 Å². The normalized spacial score (nSPS) is 21.2. The van der Waals surface area contributed by atoms with Gasteiger partial charge in [0, 0.05) is 31.0 Å². The molecule has 4 rings (SSSR count). The van der Waals surface area contributed by atoms with Crippen LogP contribution in [0.1, 0.15) is 56.5 Å². The monoisotopic (exact) mass is 413 g/mol. The molecule has 0 saturated carbocycles. The molecule has 0 aliphatic carbocycles. The summed E-state index contributed by atoms with van der Waals surface area (Å²) in [5, 5.41) is 4.17. The summed E-state index contributed by atoms with van der Waals surface area (Å²) in [7, 11) is -0.463. The van der Waals surface area contributed by atoms with E-state index < -0.39 is 24.1 Å². The van der Waals surface area contributed by atoms with E-state index in [0.29, 0.717) is 24.9 Å². The van der Waals surface area contributed by atoms with Crippen LogP contribution in [0.5, 0.6) is 0 Å². The fourth-order valence-electron chi connectivity index (χ4n) is 4.08. The highest BCUT2D eigenvalue weighted by Gasteiger charge is 2.50. The third-order valence-electron chi connectivity index (χ3n) is 6.55. The molecule has 1 N–H and O–H groups in total. The van der Waals surface area contributed by atoms with Gasteiger partial charge in [-0.15, -0.1) is 0 Å². The van der Waals surface area contributed by atoms with E-state index in [1.807, 2.05) is 39.8 Å². The van der Waals surface area contributed by atoms with Crippen molar-refractivity contribution in [3.63, 3.8) is 0 Å². The zero-order valence-electron chi connectivity index (χ0n) is 18.1. The zero-order chi connectivity index (χ0) is 21.5. The summed E-state index contributed by atoms with van der Waals surface area (Å²) >= 11 is 0. The van der Waals surface area contributed by atoms with E-state index in [9.17, 15) is 4.79 Å². The maximum atomic E-state index is 15.3. The molecule has 0 spiro atoms. The highest BCUT2D eigenvalue weighted by Crippen LogP contribution is 2.38. The molecule has 1 amide bonds. The van der Waals surface area contributed by atoms with Crippen LogP contribution < -0.4 is 5.32 Å². The van der Waals surface area contributed by atoms with Crippen molar-refractivity contribution in [2.24, 2.45) is 0 Å². The molecule has 160 valence electrons. The van der Waals surface area contributed by atoms with E-state index in [2.05, 4.69) is 5.32 Å². The fourth-order valence-corrected chi connectivity index (χ4v) is 4.08. The Hall–Kier alpha value is -1.96. The minimum atomic E-state index is -0.493. The molecule has 0 unspecified atom stereocenters. The minimum absolute atomic E-state index is 0.00340. The Bertz CT molecular complexity index is 940. The van der Waals surface area contributed by atoms with Gasteiger partial charge >= 0.3 is 7.12 Å². The highest BCUT2D eigenvalue weighted by atomic mass is 19.1. The average Bonchev–Trinajstić information content (AvgIpc) is 2.91. The lowest BCUT2D eigenvalue weighted by Gasteiger charge is -2.32. The Morgan fingerprint density at radius 1 is 1.10 bits per heavy atom. The van der Waals surface area contributed by atoms with Gasteiger partial charge in [-0.1, -0.05) is 24.3 Å². The van der Waals surface area contributed by atoms with Crippen molar-refractivity contribution in [1.29, 1.82) is 0 Å². The Balaban J connectivity index is 1.66. The number of rotatable bonds is 4. The molecular formula is C23H29BFNO4. The van der Waals surface area contributed by atoms with Crippen LogP contribution in [0.3, 0.4) is 0 Å². The molecule has 2 aromatic rings. The smallest absolute Gasteiger partial charge is 0.403 e. The molecule has 2 aliphatic rings. The number of benzene rings is 2. The Morgan fingerprint density at radius 2 is 1.70 bits per heavy atom. The Morgan fingerprint density at radius 3 is 2.33 bits per heavy atom. The minimum Gasteiger partial charge on any atom is -0.403 e. The first-order chi connectivity index (χ1) is 14.2. The van der Waals surface area contributed by atoms with Crippen LogP contribution in [-0.4, -0.2) is 43.5 Å². The van der Waals surface area contributed by atoms with E-state index in [4.69, 9.17) is 14.0 Å². The maximum Gasteiger partial charge on any atom is 0.462 e. The Kier molecular flexibility index (Phi) is 5.64. The summed E-state index contributed by atoms with van der Waals surface area (Å²) in [6, 6.07) is 8.89. The van der Waals surface area contributed by atoms with Gasteiger partial charge in [0.15, 0.2) is 0 Å². The second-order valence-corrected chi connectivity index (χ2v) is 9.19. The van der Waals surface area contributed by atoms with Crippen molar-refractivity contribution in [3.05, 3.63) is 47.3 Å². The van der Waals surface area contributed by atoms with E-state index in [-0.39, 0.29) is 17.5 Å². The van der Waals surface area contributed by atoms with Gasteiger partial charge in [0.2, 0.25) is 0 Å². The number of halogens is 1. The third-order valence-corrected chi connectivity index (χ3v) is 6.55. The topological polar surface area (TPSA) is 56.8 Å². The van der Waals surface area contributed by atoms with Crippen molar-refractivity contribution < 1.29 is 23.2 Å². The lowest BCUT2D eigenvalue weighted by atomic mass is 9.78. The number of fused-ring (bicyclic) bond motifs is 1. The molecular weight excluding hydrogens is 384 g/mol. The average molecular weight is 413 g/mol. The van der Waals surface area contributed by atoms with Crippen molar-refractivity contribution in [2.75, 3.05) is 13.2 Å². The van der Waals surface area contributed by atoms with E-state index in [1.165, 1.54) is 0 Å². The van der Waals surface area contributed by atoms with Crippen molar-refractivity contribution in [1.82, 2.24) is 5.32 Å². The fraction of sp³-hybridized carbons (Fsp3) is 0.522. The Labute approximate surface area is 177 Å². The van der Waals surface area contributed by atoms with Crippen molar-refractivity contribution in [2.45, 2.75) is 64.1 Å². The molecule has 0 radical (unpaired) electrons. The van der Waals surface area contributed by atoms with Crippen molar-refractivity contribution in [3.8, 4) is 0 Å². The highest BCUT2D eigenvalue weighted by molar-refractivity contribution is 6.45. The molecule has 2 aromatic carbocycles. The zero-order valence-corrected chi connectivity index (χ0v) is 18.1. The number of carbonyl (C=O) groups is 1.